The van der Waals surface area contributed by atoms with Crippen LogP contribution >= 0.6 is 0 Å². The van der Waals surface area contributed by atoms with Gasteiger partial charge in [-0.25, -0.2) is 4.99 Å². The van der Waals surface area contributed by atoms with Crippen molar-refractivity contribution in [2.24, 2.45) is 12.0 Å². The summed E-state index contributed by atoms with van der Waals surface area (Å²) >= 11 is 0. The van der Waals surface area contributed by atoms with Gasteiger partial charge in [0.05, 0.1) is 13.1 Å². The molecule has 0 aliphatic carbocycles. The van der Waals surface area contributed by atoms with Crippen LogP contribution in [-0.2, 0) is 20.1 Å². The number of aromatic nitrogens is 3. The van der Waals surface area contributed by atoms with Crippen molar-refractivity contribution in [3.8, 4) is 0 Å². The number of nitrogens with one attached hydrogen (secondary N) is 2. The predicted octanol–water partition coefficient (Wildman–Crippen LogP) is 2.15. The minimum atomic E-state index is 0.576. The number of aliphatic imine (C=N–C) groups is 1. The topological polar surface area (TPSA) is 70.4 Å². The Morgan fingerprint density at radius 2 is 2.04 bits per heavy atom. The first kappa shape index (κ1) is 20.3. The molecule has 2 aromatic rings. The molecule has 0 amide bonds. The van der Waals surface area contributed by atoms with E-state index in [0.29, 0.717) is 19.1 Å². The second-order valence-electron chi connectivity index (χ2n) is 7.47. The Hall–Kier alpha value is -2.41. The van der Waals surface area contributed by atoms with Gasteiger partial charge in [0.2, 0.25) is 0 Å². The van der Waals surface area contributed by atoms with Crippen LogP contribution in [0, 0.1) is 13.8 Å². The molecule has 1 atom stereocenters. The van der Waals surface area contributed by atoms with Gasteiger partial charge in [-0.15, -0.1) is 10.2 Å². The van der Waals surface area contributed by atoms with Gasteiger partial charge in [-0.3, -0.25) is 4.90 Å². The number of hydrogen-bond donors (Lipinski definition) is 2. The maximum absolute atomic E-state index is 4.84. The summed E-state index contributed by atoms with van der Waals surface area (Å²) in [5.41, 5.74) is 2.51. The van der Waals surface area contributed by atoms with Crippen molar-refractivity contribution in [2.45, 2.75) is 52.7 Å². The fourth-order valence-electron chi connectivity index (χ4n) is 3.65. The number of hydrogen-bond acceptors (Lipinski definition) is 4. The molecule has 152 valence electrons. The van der Waals surface area contributed by atoms with Crippen molar-refractivity contribution >= 4 is 5.96 Å². The van der Waals surface area contributed by atoms with Crippen LogP contribution in [0.15, 0.2) is 29.3 Å². The Labute approximate surface area is 168 Å². The third-order valence-corrected chi connectivity index (χ3v) is 5.68. The van der Waals surface area contributed by atoms with Crippen LogP contribution in [0.2, 0.25) is 0 Å². The number of nitrogens with zero attached hydrogens (tertiary/aromatic N) is 5. The molecule has 1 saturated heterocycles. The monoisotopic (exact) mass is 383 g/mol. The van der Waals surface area contributed by atoms with E-state index in [1.807, 2.05) is 18.5 Å². The molecule has 1 aliphatic heterocycles. The second-order valence-corrected chi connectivity index (χ2v) is 7.47. The average Bonchev–Trinajstić information content (AvgIpc) is 3.29. The number of likely N-dealkylation sites (N-methyl/N-ethyl adjacent to an activating group) is 1. The Kier molecular flexibility index (Phi) is 7.03. The van der Waals surface area contributed by atoms with Crippen molar-refractivity contribution < 1.29 is 0 Å². The second kappa shape index (κ2) is 9.68. The first-order valence-electron chi connectivity index (χ1n) is 10.2. The lowest BCUT2D eigenvalue weighted by Crippen LogP contribution is -2.44. The molecule has 2 N–H and O–H groups in total. The van der Waals surface area contributed by atoms with Gasteiger partial charge in [0.1, 0.15) is 5.82 Å². The maximum Gasteiger partial charge on any atom is 0.192 e. The van der Waals surface area contributed by atoms with Crippen LogP contribution in [0.3, 0.4) is 0 Å². The van der Waals surface area contributed by atoms with Crippen LogP contribution in [-0.4, -0.2) is 51.3 Å². The average molecular weight is 384 g/mol. The van der Waals surface area contributed by atoms with E-state index in [1.54, 1.807) is 0 Å². The van der Waals surface area contributed by atoms with E-state index >= 15 is 0 Å². The predicted molar refractivity (Wildman–Crippen MR) is 113 cm³/mol. The lowest BCUT2D eigenvalue weighted by atomic mass is 10.1. The number of likely N-dealkylation sites (tertiary alicyclic amines) is 1. The fourth-order valence-corrected chi connectivity index (χ4v) is 3.65. The van der Waals surface area contributed by atoms with Crippen molar-refractivity contribution in [3.63, 3.8) is 0 Å². The van der Waals surface area contributed by atoms with Crippen molar-refractivity contribution in [3.05, 3.63) is 47.0 Å². The largest absolute Gasteiger partial charge is 0.355 e. The van der Waals surface area contributed by atoms with Gasteiger partial charge in [-0.1, -0.05) is 31.2 Å². The van der Waals surface area contributed by atoms with Crippen molar-refractivity contribution in [1.82, 2.24) is 30.3 Å². The number of benzene rings is 1. The normalized spacial score (nSPS) is 17.9. The minimum Gasteiger partial charge on any atom is -0.355 e. The Morgan fingerprint density at radius 1 is 1.21 bits per heavy atom. The van der Waals surface area contributed by atoms with E-state index in [9.17, 15) is 0 Å². The number of aryl methyl sites for hydroxylation is 2. The van der Waals surface area contributed by atoms with Crippen molar-refractivity contribution in [2.75, 3.05) is 19.6 Å². The summed E-state index contributed by atoms with van der Waals surface area (Å²) < 4.78 is 2.00. The molecule has 1 aromatic carbocycles. The van der Waals surface area contributed by atoms with Gasteiger partial charge >= 0.3 is 0 Å². The molecular weight excluding hydrogens is 350 g/mol. The Morgan fingerprint density at radius 3 is 2.75 bits per heavy atom. The molecule has 7 nitrogen and oxygen atoms in total. The highest BCUT2D eigenvalue weighted by molar-refractivity contribution is 5.79. The van der Waals surface area contributed by atoms with Gasteiger partial charge in [-0.2, -0.15) is 0 Å². The molecule has 0 saturated carbocycles. The molecule has 0 radical (unpaired) electrons. The first-order valence-corrected chi connectivity index (χ1v) is 10.2. The minimum absolute atomic E-state index is 0.576. The van der Waals surface area contributed by atoms with Crippen LogP contribution in [0.1, 0.15) is 42.5 Å². The van der Waals surface area contributed by atoms with Crippen LogP contribution in [0.4, 0.5) is 0 Å². The maximum atomic E-state index is 4.84. The SMILES string of the molecule is CCN1CCCC1CNC(=NCc1ccccc1C)NCc1nnc(C)n1C. The molecular formula is C21H33N7. The summed E-state index contributed by atoms with van der Waals surface area (Å²) in [7, 11) is 1.99. The Balaban J connectivity index is 1.66. The molecule has 3 rings (SSSR count). The lowest BCUT2D eigenvalue weighted by molar-refractivity contribution is 0.267. The standard InChI is InChI=1S/C21H33N7/c1-5-28-12-8-11-19(28)14-23-21(22-13-18-10-7-6-9-16(18)2)24-15-20-26-25-17(3)27(20)4/h6-7,9-10,19H,5,8,11-15H2,1-4H3,(H2,22,23,24). The highest BCUT2D eigenvalue weighted by atomic mass is 15.3. The van der Waals surface area contributed by atoms with E-state index in [1.165, 1.54) is 30.5 Å². The van der Waals surface area contributed by atoms with E-state index in [0.717, 1.165) is 30.7 Å². The third-order valence-electron chi connectivity index (χ3n) is 5.68. The van der Waals surface area contributed by atoms with Gasteiger partial charge in [0.25, 0.3) is 0 Å². The molecule has 7 heteroatoms. The zero-order chi connectivity index (χ0) is 19.9. The fraction of sp³-hybridized carbons (Fsp3) is 0.571. The molecule has 1 unspecified atom stereocenters. The number of rotatable bonds is 7. The van der Waals surface area contributed by atoms with Gasteiger partial charge in [0, 0.05) is 19.6 Å². The van der Waals surface area contributed by atoms with Crippen LogP contribution in [0.25, 0.3) is 0 Å². The highest BCUT2D eigenvalue weighted by Gasteiger charge is 2.22. The molecule has 0 spiro atoms. The van der Waals surface area contributed by atoms with E-state index < -0.39 is 0 Å². The molecule has 2 heterocycles. The van der Waals surface area contributed by atoms with Gasteiger partial charge in [0.15, 0.2) is 11.8 Å². The van der Waals surface area contributed by atoms with Crippen molar-refractivity contribution in [1.29, 1.82) is 0 Å². The summed E-state index contributed by atoms with van der Waals surface area (Å²) in [6, 6.07) is 8.98. The summed E-state index contributed by atoms with van der Waals surface area (Å²) in [6.07, 6.45) is 2.52. The lowest BCUT2D eigenvalue weighted by Gasteiger charge is -2.24. The van der Waals surface area contributed by atoms with Crippen LogP contribution in [0.5, 0.6) is 0 Å². The molecule has 0 bridgehead atoms. The van der Waals surface area contributed by atoms with Gasteiger partial charge < -0.3 is 15.2 Å². The zero-order valence-corrected chi connectivity index (χ0v) is 17.6. The summed E-state index contributed by atoms with van der Waals surface area (Å²) in [5, 5.41) is 15.4. The van der Waals surface area contributed by atoms with Gasteiger partial charge in [-0.05, 0) is 50.9 Å². The molecule has 28 heavy (non-hydrogen) atoms. The molecule has 1 aliphatic rings. The Bertz CT molecular complexity index is 796. The van der Waals surface area contributed by atoms with E-state index in [4.69, 9.17) is 4.99 Å². The first-order chi connectivity index (χ1) is 13.6. The summed E-state index contributed by atoms with van der Waals surface area (Å²) in [5.74, 6) is 2.64. The highest BCUT2D eigenvalue weighted by Crippen LogP contribution is 2.15. The van der Waals surface area contributed by atoms with Crippen LogP contribution < -0.4 is 10.6 Å². The molecule has 1 fully saturated rings. The van der Waals surface area contributed by atoms with E-state index in [-0.39, 0.29) is 0 Å². The quantitative estimate of drug-likeness (QED) is 0.566. The van der Waals surface area contributed by atoms with E-state index in [2.05, 4.69) is 63.8 Å². The summed E-state index contributed by atoms with van der Waals surface area (Å²) in [6.45, 7) is 10.8. The third kappa shape index (κ3) is 5.10. The summed E-state index contributed by atoms with van der Waals surface area (Å²) in [4.78, 5) is 7.38. The smallest absolute Gasteiger partial charge is 0.192 e. The molecule has 1 aromatic heterocycles. The number of guanidine groups is 1. The zero-order valence-electron chi connectivity index (χ0n) is 17.6.